The van der Waals surface area contributed by atoms with Crippen LogP contribution in [-0.2, 0) is 16.0 Å². The van der Waals surface area contributed by atoms with Crippen LogP contribution < -0.4 is 14.8 Å². The van der Waals surface area contributed by atoms with Gasteiger partial charge in [0, 0.05) is 38.1 Å². The van der Waals surface area contributed by atoms with Crippen molar-refractivity contribution in [2.24, 2.45) is 0 Å². The first-order valence-electron chi connectivity index (χ1n) is 9.20. The Morgan fingerprint density at radius 3 is 2.96 bits per heavy atom. The molecule has 140 valence electrons. The summed E-state index contributed by atoms with van der Waals surface area (Å²) >= 11 is 0. The molecule has 2 saturated heterocycles. The normalized spacial score (nSPS) is 25.9. The molecule has 26 heavy (non-hydrogen) atoms. The number of amides is 2. The van der Waals surface area contributed by atoms with Crippen LogP contribution in [0.1, 0.15) is 24.8 Å². The fourth-order valence-corrected chi connectivity index (χ4v) is 4.15. The van der Waals surface area contributed by atoms with Crippen LogP contribution in [0.2, 0.25) is 0 Å². The van der Waals surface area contributed by atoms with E-state index in [0.717, 1.165) is 37.2 Å². The summed E-state index contributed by atoms with van der Waals surface area (Å²) in [5, 5.41) is 2.95. The summed E-state index contributed by atoms with van der Waals surface area (Å²) in [7, 11) is 2.11. The highest BCUT2D eigenvalue weighted by Crippen LogP contribution is 2.33. The monoisotopic (exact) mass is 359 g/mol. The third-order valence-corrected chi connectivity index (χ3v) is 5.88. The van der Waals surface area contributed by atoms with E-state index in [4.69, 9.17) is 9.47 Å². The molecule has 1 aromatic carbocycles. The summed E-state index contributed by atoms with van der Waals surface area (Å²) in [6.07, 6.45) is 2.55. The molecule has 2 amide bonds. The van der Waals surface area contributed by atoms with E-state index in [0.29, 0.717) is 31.7 Å². The predicted molar refractivity (Wildman–Crippen MR) is 95.1 cm³/mol. The largest absolute Gasteiger partial charge is 0.454 e. The summed E-state index contributed by atoms with van der Waals surface area (Å²) in [6.45, 7) is 3.15. The molecule has 3 aliphatic heterocycles. The van der Waals surface area contributed by atoms with Gasteiger partial charge in [-0.05, 0) is 37.6 Å². The molecule has 0 aromatic heterocycles. The maximum atomic E-state index is 12.9. The summed E-state index contributed by atoms with van der Waals surface area (Å²) < 4.78 is 10.7. The van der Waals surface area contributed by atoms with E-state index in [9.17, 15) is 9.59 Å². The van der Waals surface area contributed by atoms with Crippen molar-refractivity contribution in [3.63, 3.8) is 0 Å². The number of carbonyl (C=O) groups excluding carboxylic acids is 2. The first kappa shape index (κ1) is 17.1. The fraction of sp³-hybridized carbons (Fsp3) is 0.579. The average molecular weight is 359 g/mol. The molecule has 1 atom stereocenters. The Kier molecular flexibility index (Phi) is 4.48. The van der Waals surface area contributed by atoms with Gasteiger partial charge in [-0.3, -0.25) is 14.5 Å². The van der Waals surface area contributed by atoms with Crippen LogP contribution in [0.15, 0.2) is 18.2 Å². The van der Waals surface area contributed by atoms with Crippen molar-refractivity contribution in [1.29, 1.82) is 0 Å². The lowest BCUT2D eigenvalue weighted by Crippen LogP contribution is -2.62. The van der Waals surface area contributed by atoms with Crippen LogP contribution in [-0.4, -0.2) is 67.2 Å². The number of ether oxygens (including phenoxy) is 2. The van der Waals surface area contributed by atoms with Gasteiger partial charge in [0.2, 0.25) is 18.6 Å². The summed E-state index contributed by atoms with van der Waals surface area (Å²) in [4.78, 5) is 28.9. The second-order valence-corrected chi connectivity index (χ2v) is 7.43. The smallest absolute Gasteiger partial charge is 0.231 e. The van der Waals surface area contributed by atoms with Crippen molar-refractivity contribution < 1.29 is 19.1 Å². The molecule has 0 unspecified atom stereocenters. The molecule has 2 fully saturated rings. The number of likely N-dealkylation sites (N-methyl/N-ethyl adjacent to an activating group) is 1. The minimum atomic E-state index is -0.109. The maximum Gasteiger partial charge on any atom is 0.231 e. The Hall–Kier alpha value is -2.28. The number of nitrogens with one attached hydrogen (secondary N) is 1. The number of piperazine rings is 1. The third kappa shape index (κ3) is 3.23. The molecular formula is C19H25N3O4. The summed E-state index contributed by atoms with van der Waals surface area (Å²) in [5.41, 5.74) is 0.826. The Bertz CT molecular complexity index is 723. The zero-order valence-electron chi connectivity index (χ0n) is 15.1. The van der Waals surface area contributed by atoms with Gasteiger partial charge in [0.15, 0.2) is 11.5 Å². The number of hydrogen-bond acceptors (Lipinski definition) is 5. The van der Waals surface area contributed by atoms with E-state index in [2.05, 4.69) is 17.3 Å². The van der Waals surface area contributed by atoms with Crippen LogP contribution in [0.4, 0.5) is 0 Å². The lowest BCUT2D eigenvalue weighted by Gasteiger charge is -2.49. The van der Waals surface area contributed by atoms with Crippen LogP contribution >= 0.6 is 0 Å². The van der Waals surface area contributed by atoms with Crippen LogP contribution in [0, 0.1) is 0 Å². The van der Waals surface area contributed by atoms with E-state index in [1.54, 1.807) is 0 Å². The second kappa shape index (κ2) is 6.79. The van der Waals surface area contributed by atoms with Gasteiger partial charge >= 0.3 is 0 Å². The van der Waals surface area contributed by atoms with E-state index in [1.807, 2.05) is 23.1 Å². The lowest BCUT2D eigenvalue weighted by molar-refractivity contribution is -0.136. The molecule has 7 heteroatoms. The minimum absolute atomic E-state index is 0.109. The number of fused-ring (bicyclic) bond motifs is 1. The average Bonchev–Trinajstić information content (AvgIpc) is 3.01. The molecule has 1 N–H and O–H groups in total. The highest BCUT2D eigenvalue weighted by atomic mass is 16.7. The van der Waals surface area contributed by atoms with Crippen molar-refractivity contribution in [3.8, 4) is 11.5 Å². The fourth-order valence-electron chi connectivity index (χ4n) is 4.15. The second-order valence-electron chi connectivity index (χ2n) is 7.43. The first-order valence-corrected chi connectivity index (χ1v) is 9.20. The number of benzene rings is 1. The van der Waals surface area contributed by atoms with Crippen LogP contribution in [0.3, 0.4) is 0 Å². The van der Waals surface area contributed by atoms with Crippen molar-refractivity contribution >= 4 is 11.8 Å². The zero-order valence-corrected chi connectivity index (χ0v) is 15.1. The highest BCUT2D eigenvalue weighted by Gasteiger charge is 2.42. The number of rotatable bonds is 2. The van der Waals surface area contributed by atoms with Gasteiger partial charge in [-0.2, -0.15) is 0 Å². The minimum Gasteiger partial charge on any atom is -0.454 e. The Balaban J connectivity index is 1.45. The molecule has 0 radical (unpaired) electrons. The first-order chi connectivity index (χ1) is 12.6. The highest BCUT2D eigenvalue weighted by molar-refractivity contribution is 5.79. The topological polar surface area (TPSA) is 71.1 Å². The van der Waals surface area contributed by atoms with Crippen molar-refractivity contribution in [3.05, 3.63) is 23.8 Å². The van der Waals surface area contributed by atoms with Gasteiger partial charge in [-0.15, -0.1) is 0 Å². The van der Waals surface area contributed by atoms with E-state index in [-0.39, 0.29) is 24.1 Å². The Labute approximate surface area is 153 Å². The Morgan fingerprint density at radius 2 is 2.08 bits per heavy atom. The standard InChI is InChI=1S/C19H25N3O4/c1-21-8-9-22(12-19(21)5-4-17(23)20-7-6-19)18(24)11-14-2-3-15-16(10-14)26-13-25-15/h2-3,10H,4-9,11-13H2,1H3,(H,20,23)/t19-/m1/s1. The van der Waals surface area contributed by atoms with Crippen LogP contribution in [0.25, 0.3) is 0 Å². The number of nitrogens with zero attached hydrogens (tertiary/aromatic N) is 2. The number of carbonyl (C=O) groups is 2. The lowest BCUT2D eigenvalue weighted by atomic mass is 9.86. The van der Waals surface area contributed by atoms with Gasteiger partial charge in [-0.1, -0.05) is 6.07 Å². The van der Waals surface area contributed by atoms with E-state index >= 15 is 0 Å². The quantitative estimate of drug-likeness (QED) is 0.845. The SMILES string of the molecule is CN1CCN(C(=O)Cc2ccc3c(c2)OCO3)C[C@@]12CCNC(=O)CC2. The molecule has 1 aromatic rings. The molecular weight excluding hydrogens is 334 g/mol. The van der Waals surface area contributed by atoms with Crippen LogP contribution in [0.5, 0.6) is 11.5 Å². The van der Waals surface area contributed by atoms with E-state index < -0.39 is 0 Å². The molecule has 1 spiro atoms. The maximum absolute atomic E-state index is 12.9. The molecule has 0 bridgehead atoms. The van der Waals surface area contributed by atoms with Gasteiger partial charge in [-0.25, -0.2) is 0 Å². The van der Waals surface area contributed by atoms with Gasteiger partial charge < -0.3 is 19.7 Å². The van der Waals surface area contributed by atoms with Crippen molar-refractivity contribution in [1.82, 2.24) is 15.1 Å². The molecule has 3 heterocycles. The molecule has 3 aliphatic rings. The van der Waals surface area contributed by atoms with Crippen molar-refractivity contribution in [2.75, 3.05) is 40.0 Å². The van der Waals surface area contributed by atoms with E-state index in [1.165, 1.54) is 0 Å². The summed E-state index contributed by atoms with van der Waals surface area (Å²) in [5.74, 6) is 1.67. The predicted octanol–water partition coefficient (Wildman–Crippen LogP) is 0.771. The van der Waals surface area contributed by atoms with Crippen molar-refractivity contribution in [2.45, 2.75) is 31.2 Å². The molecule has 0 saturated carbocycles. The molecule has 4 rings (SSSR count). The van der Waals surface area contributed by atoms with Gasteiger partial charge in [0.1, 0.15) is 0 Å². The zero-order chi connectivity index (χ0) is 18.1. The number of hydrogen-bond donors (Lipinski definition) is 1. The summed E-state index contributed by atoms with van der Waals surface area (Å²) in [6, 6.07) is 5.67. The van der Waals surface area contributed by atoms with Gasteiger partial charge in [0.25, 0.3) is 0 Å². The molecule has 7 nitrogen and oxygen atoms in total. The third-order valence-electron chi connectivity index (χ3n) is 5.88. The van der Waals surface area contributed by atoms with Gasteiger partial charge in [0.05, 0.1) is 6.42 Å². The Morgan fingerprint density at radius 1 is 1.23 bits per heavy atom. The molecule has 0 aliphatic carbocycles.